The number of carboxylic acids is 3. The van der Waals surface area contributed by atoms with Crippen molar-refractivity contribution in [1.82, 2.24) is 4.90 Å². The number of carbonyl (C=O) groups is 3. The SMILES string of the molecule is O=C([O-])CN(CC(=O)[O-])CC(=O)O.[Hg+2]. The topological polar surface area (TPSA) is 121 Å². The van der Waals surface area contributed by atoms with Crippen LogP contribution in [-0.2, 0) is 42.1 Å². The molecule has 14 heavy (non-hydrogen) atoms. The van der Waals surface area contributed by atoms with E-state index in [4.69, 9.17) is 5.11 Å². The minimum atomic E-state index is -1.54. The third-order valence-corrected chi connectivity index (χ3v) is 1.06. The second kappa shape index (κ2) is 7.69. The van der Waals surface area contributed by atoms with Gasteiger partial charge < -0.3 is 24.9 Å². The summed E-state index contributed by atoms with van der Waals surface area (Å²) in [6.45, 7) is -2.18. The van der Waals surface area contributed by atoms with E-state index in [-0.39, 0.29) is 27.7 Å². The van der Waals surface area contributed by atoms with Crippen LogP contribution in [0.4, 0.5) is 0 Å². The molecule has 0 spiro atoms. The molecule has 7 nitrogen and oxygen atoms in total. The molecule has 0 aromatic rings. The molecule has 0 bridgehead atoms. The Hall–Kier alpha value is -0.695. The van der Waals surface area contributed by atoms with Crippen LogP contribution in [0.1, 0.15) is 0 Å². The predicted octanol–water partition coefficient (Wildman–Crippen LogP) is -4.13. The summed E-state index contributed by atoms with van der Waals surface area (Å²) in [5, 5.41) is 28.3. The van der Waals surface area contributed by atoms with Gasteiger partial charge in [0.05, 0.1) is 18.5 Å². The smallest absolute Gasteiger partial charge is 0.549 e. The van der Waals surface area contributed by atoms with Gasteiger partial charge in [-0.3, -0.25) is 9.69 Å². The van der Waals surface area contributed by atoms with Crippen LogP contribution < -0.4 is 10.2 Å². The van der Waals surface area contributed by atoms with E-state index >= 15 is 0 Å². The van der Waals surface area contributed by atoms with Crippen LogP contribution >= 0.6 is 0 Å². The van der Waals surface area contributed by atoms with Crippen molar-refractivity contribution >= 4 is 17.9 Å². The molecule has 0 saturated heterocycles. The van der Waals surface area contributed by atoms with Gasteiger partial charge in [-0.2, -0.15) is 0 Å². The molecule has 0 amide bonds. The van der Waals surface area contributed by atoms with Gasteiger partial charge in [-0.15, -0.1) is 0 Å². The summed E-state index contributed by atoms with van der Waals surface area (Å²) in [5.74, 6) is -4.40. The van der Waals surface area contributed by atoms with Crippen molar-refractivity contribution in [2.45, 2.75) is 0 Å². The molecule has 0 saturated carbocycles. The van der Waals surface area contributed by atoms with Gasteiger partial charge in [-0.25, -0.2) is 0 Å². The van der Waals surface area contributed by atoms with Gasteiger partial charge >= 0.3 is 33.6 Å². The number of rotatable bonds is 6. The molecular weight excluding hydrogens is 383 g/mol. The zero-order valence-corrected chi connectivity index (χ0v) is 12.8. The van der Waals surface area contributed by atoms with Gasteiger partial charge in [0.25, 0.3) is 0 Å². The Morgan fingerprint density at radius 2 is 1.36 bits per heavy atom. The molecule has 0 aliphatic carbocycles. The van der Waals surface area contributed by atoms with Crippen molar-refractivity contribution in [3.8, 4) is 0 Å². The fourth-order valence-electron chi connectivity index (χ4n) is 0.724. The molecule has 8 heteroatoms. The average Bonchev–Trinajstić information content (AvgIpc) is 1.80. The summed E-state index contributed by atoms with van der Waals surface area (Å²) in [5.41, 5.74) is 0. The number of nitrogens with zero attached hydrogens (tertiary/aromatic N) is 1. The third-order valence-electron chi connectivity index (χ3n) is 1.06. The molecular formula is C6H7HgNO6. The summed E-state index contributed by atoms with van der Waals surface area (Å²) in [6, 6.07) is 0. The van der Waals surface area contributed by atoms with E-state index in [0.29, 0.717) is 4.90 Å². The second-order valence-electron chi connectivity index (χ2n) is 2.28. The zero-order valence-electron chi connectivity index (χ0n) is 7.26. The quantitative estimate of drug-likeness (QED) is 0.458. The molecule has 0 aromatic carbocycles. The first-order valence-corrected chi connectivity index (χ1v) is 3.25. The van der Waals surface area contributed by atoms with E-state index in [0.717, 1.165) is 0 Å². The van der Waals surface area contributed by atoms with Gasteiger partial charge in [0, 0.05) is 13.1 Å². The molecule has 0 heterocycles. The standard InChI is InChI=1S/C6H9NO6.Hg/c8-4(9)1-7(2-5(10)11)3-6(12)13;/h1-3H2,(H,8,9)(H,10,11)(H,12,13);/q;+2/p-2. The van der Waals surface area contributed by atoms with Gasteiger partial charge in [-0.1, -0.05) is 0 Å². The molecule has 0 fully saturated rings. The van der Waals surface area contributed by atoms with E-state index in [2.05, 4.69) is 0 Å². The van der Waals surface area contributed by atoms with Crippen molar-refractivity contribution < 1.29 is 57.4 Å². The van der Waals surface area contributed by atoms with Crippen LogP contribution in [-0.4, -0.2) is 47.5 Å². The minimum absolute atomic E-state index is 0. The van der Waals surface area contributed by atoms with Crippen molar-refractivity contribution in [3.63, 3.8) is 0 Å². The number of carbonyl (C=O) groups excluding carboxylic acids is 2. The molecule has 0 unspecified atom stereocenters. The summed E-state index contributed by atoms with van der Waals surface area (Å²) >= 11 is 0. The average molecular weight is 390 g/mol. The molecule has 0 aliphatic heterocycles. The van der Waals surface area contributed by atoms with Crippen LogP contribution in [0.15, 0.2) is 0 Å². The maximum atomic E-state index is 10.1. The Kier molecular flexibility index (Phi) is 8.65. The first-order chi connectivity index (χ1) is 5.91. The summed E-state index contributed by atoms with van der Waals surface area (Å²) in [6.07, 6.45) is 0. The fraction of sp³-hybridized carbons (Fsp3) is 0.500. The third kappa shape index (κ3) is 9.39. The van der Waals surface area contributed by atoms with E-state index in [1.54, 1.807) is 0 Å². The molecule has 0 radical (unpaired) electrons. The largest absolute Gasteiger partial charge is 2.00 e. The first kappa shape index (κ1) is 15.8. The van der Waals surface area contributed by atoms with Crippen molar-refractivity contribution in [3.05, 3.63) is 0 Å². The van der Waals surface area contributed by atoms with Gasteiger partial charge in [0.15, 0.2) is 0 Å². The Balaban J connectivity index is 0. The number of hydrogen-bond acceptors (Lipinski definition) is 6. The van der Waals surface area contributed by atoms with Crippen LogP contribution in [0.25, 0.3) is 0 Å². The van der Waals surface area contributed by atoms with Crippen molar-refractivity contribution in [2.24, 2.45) is 0 Å². The van der Waals surface area contributed by atoms with E-state index in [9.17, 15) is 24.6 Å². The second-order valence-corrected chi connectivity index (χ2v) is 2.28. The van der Waals surface area contributed by atoms with Crippen LogP contribution in [0.5, 0.6) is 0 Å². The van der Waals surface area contributed by atoms with E-state index in [1.165, 1.54) is 0 Å². The summed E-state index contributed by atoms with van der Waals surface area (Å²) in [7, 11) is 0. The van der Waals surface area contributed by atoms with Crippen LogP contribution in [0.3, 0.4) is 0 Å². The van der Waals surface area contributed by atoms with E-state index < -0.39 is 37.5 Å². The molecule has 74 valence electrons. The minimum Gasteiger partial charge on any atom is -0.549 e. The number of hydrogen-bond donors (Lipinski definition) is 1. The van der Waals surface area contributed by atoms with Crippen molar-refractivity contribution in [1.29, 1.82) is 0 Å². The molecule has 0 aliphatic rings. The number of carboxylic acid groups (broad SMARTS) is 3. The fourth-order valence-corrected chi connectivity index (χ4v) is 0.724. The Bertz CT molecular complexity index is 192. The van der Waals surface area contributed by atoms with Gasteiger partial charge in [0.2, 0.25) is 0 Å². The summed E-state index contributed by atoms with van der Waals surface area (Å²) in [4.78, 5) is 30.8. The Morgan fingerprint density at radius 1 is 1.00 bits per heavy atom. The van der Waals surface area contributed by atoms with Crippen molar-refractivity contribution in [2.75, 3.05) is 19.6 Å². The van der Waals surface area contributed by atoms with Gasteiger partial charge in [0.1, 0.15) is 0 Å². The molecule has 0 rings (SSSR count). The Morgan fingerprint density at radius 3 is 1.57 bits per heavy atom. The van der Waals surface area contributed by atoms with Gasteiger partial charge in [-0.05, 0) is 0 Å². The molecule has 0 aromatic heterocycles. The normalized spacial score (nSPS) is 9.21. The molecule has 1 N–H and O–H groups in total. The molecule has 0 atom stereocenters. The predicted molar refractivity (Wildman–Crippen MR) is 34.1 cm³/mol. The Labute approximate surface area is 99.8 Å². The maximum Gasteiger partial charge on any atom is 2.00 e. The van der Waals surface area contributed by atoms with E-state index in [1.807, 2.05) is 0 Å². The van der Waals surface area contributed by atoms with Crippen LogP contribution in [0.2, 0.25) is 0 Å². The summed E-state index contributed by atoms with van der Waals surface area (Å²) < 4.78 is 0. The monoisotopic (exact) mass is 391 g/mol. The van der Waals surface area contributed by atoms with Crippen LogP contribution in [0, 0.1) is 0 Å². The first-order valence-electron chi connectivity index (χ1n) is 3.25. The number of aliphatic carboxylic acids is 3. The zero-order chi connectivity index (χ0) is 10.4. The maximum absolute atomic E-state index is 10.1.